The topological polar surface area (TPSA) is 48.7 Å². The van der Waals surface area contributed by atoms with Crippen LogP contribution in [0.3, 0.4) is 0 Å². The predicted molar refractivity (Wildman–Crippen MR) is 72.1 cm³/mol. The number of benzene rings is 1. The van der Waals surface area contributed by atoms with Crippen molar-refractivity contribution in [2.24, 2.45) is 0 Å². The quantitative estimate of drug-likeness (QED) is 0.889. The normalized spacial score (nSPS) is 9.78. The van der Waals surface area contributed by atoms with Crippen molar-refractivity contribution in [2.75, 3.05) is 5.32 Å². The number of nitrogens with one attached hydrogen (secondary N) is 1. The molecular formula is C15H15N3. The molecule has 0 aliphatic rings. The average molecular weight is 237 g/mol. The van der Waals surface area contributed by atoms with E-state index in [1.165, 1.54) is 5.56 Å². The van der Waals surface area contributed by atoms with Gasteiger partial charge in [-0.2, -0.15) is 5.26 Å². The van der Waals surface area contributed by atoms with E-state index in [0.717, 1.165) is 16.9 Å². The summed E-state index contributed by atoms with van der Waals surface area (Å²) in [6, 6.07) is 14.1. The van der Waals surface area contributed by atoms with Crippen molar-refractivity contribution >= 4 is 5.69 Å². The summed E-state index contributed by atoms with van der Waals surface area (Å²) < 4.78 is 0. The predicted octanol–water partition coefficient (Wildman–Crippen LogP) is 3.07. The zero-order valence-electron chi connectivity index (χ0n) is 10.4. The van der Waals surface area contributed by atoms with Gasteiger partial charge in [-0.05, 0) is 36.2 Å². The lowest BCUT2D eigenvalue weighted by Gasteiger charge is -2.06. The second-order valence-corrected chi connectivity index (χ2v) is 4.21. The molecule has 3 heteroatoms. The number of hydrogen-bond donors (Lipinski definition) is 1. The fourth-order valence-electron chi connectivity index (χ4n) is 1.63. The molecule has 0 atom stereocenters. The Balaban J connectivity index is 1.94. The maximum atomic E-state index is 8.59. The Kier molecular flexibility index (Phi) is 3.93. The lowest BCUT2D eigenvalue weighted by Crippen LogP contribution is -2.01. The van der Waals surface area contributed by atoms with Crippen LogP contribution in [0.5, 0.6) is 0 Å². The van der Waals surface area contributed by atoms with Gasteiger partial charge in [0.2, 0.25) is 0 Å². The third kappa shape index (κ3) is 3.33. The molecule has 0 aliphatic carbocycles. The molecule has 1 N–H and O–H groups in total. The van der Waals surface area contributed by atoms with Gasteiger partial charge in [0.1, 0.15) is 0 Å². The summed E-state index contributed by atoms with van der Waals surface area (Å²) in [5.41, 5.74) is 4.26. The van der Waals surface area contributed by atoms with Crippen molar-refractivity contribution in [3.8, 4) is 6.07 Å². The molecule has 0 amide bonds. The molecule has 3 nitrogen and oxygen atoms in total. The summed E-state index contributed by atoms with van der Waals surface area (Å²) in [6.45, 7) is 2.73. The summed E-state index contributed by atoms with van der Waals surface area (Å²) in [5, 5.41) is 11.9. The molecule has 18 heavy (non-hydrogen) atoms. The minimum absolute atomic E-state index is 0.458. The van der Waals surface area contributed by atoms with E-state index >= 15 is 0 Å². The molecule has 0 fully saturated rings. The Labute approximate surface area is 107 Å². The Hall–Kier alpha value is -2.34. The molecule has 0 aliphatic heterocycles. The van der Waals surface area contributed by atoms with Gasteiger partial charge in [0.05, 0.1) is 24.7 Å². The molecule has 0 unspecified atom stereocenters. The van der Waals surface area contributed by atoms with Crippen molar-refractivity contribution < 1.29 is 0 Å². The standard InChI is InChI=1S/C15H15N3/c1-12-2-5-15(17-10-12)11-18-14-6-3-13(4-7-14)8-9-16/h2-7,10,18H,8,11H2,1H3. The van der Waals surface area contributed by atoms with Crippen LogP contribution in [0.2, 0.25) is 0 Å². The molecule has 2 rings (SSSR count). The van der Waals surface area contributed by atoms with Crippen LogP contribution in [0.4, 0.5) is 5.69 Å². The first-order valence-electron chi connectivity index (χ1n) is 5.89. The minimum Gasteiger partial charge on any atom is -0.379 e. The molecular weight excluding hydrogens is 222 g/mol. The SMILES string of the molecule is Cc1ccc(CNc2ccc(CC#N)cc2)nc1. The van der Waals surface area contributed by atoms with Crippen LogP contribution in [-0.4, -0.2) is 4.98 Å². The first-order valence-corrected chi connectivity index (χ1v) is 5.89. The number of rotatable bonds is 4. The smallest absolute Gasteiger partial charge is 0.0669 e. The van der Waals surface area contributed by atoms with Crippen LogP contribution in [0.25, 0.3) is 0 Å². The average Bonchev–Trinajstić information content (AvgIpc) is 2.40. The zero-order valence-corrected chi connectivity index (χ0v) is 10.4. The summed E-state index contributed by atoms with van der Waals surface area (Å²) in [5.74, 6) is 0. The van der Waals surface area contributed by atoms with E-state index in [2.05, 4.69) is 22.4 Å². The van der Waals surface area contributed by atoms with E-state index in [-0.39, 0.29) is 0 Å². The van der Waals surface area contributed by atoms with Crippen molar-refractivity contribution in [1.29, 1.82) is 5.26 Å². The number of pyridine rings is 1. The lowest BCUT2D eigenvalue weighted by molar-refractivity contribution is 1.04. The van der Waals surface area contributed by atoms with Crippen molar-refractivity contribution in [1.82, 2.24) is 4.98 Å². The van der Waals surface area contributed by atoms with Crippen LogP contribution >= 0.6 is 0 Å². The highest BCUT2D eigenvalue weighted by Crippen LogP contribution is 2.11. The van der Waals surface area contributed by atoms with E-state index in [4.69, 9.17) is 5.26 Å². The summed E-state index contributed by atoms with van der Waals surface area (Å²) in [7, 11) is 0. The van der Waals surface area contributed by atoms with Crippen LogP contribution in [-0.2, 0) is 13.0 Å². The van der Waals surface area contributed by atoms with Crippen LogP contribution in [0.15, 0.2) is 42.6 Å². The van der Waals surface area contributed by atoms with Crippen LogP contribution in [0.1, 0.15) is 16.8 Å². The summed E-state index contributed by atoms with van der Waals surface area (Å²) in [4.78, 5) is 4.33. The number of nitriles is 1. The maximum Gasteiger partial charge on any atom is 0.0669 e. The highest BCUT2D eigenvalue weighted by atomic mass is 14.9. The third-order valence-corrected chi connectivity index (χ3v) is 2.68. The van der Waals surface area contributed by atoms with Gasteiger partial charge >= 0.3 is 0 Å². The Morgan fingerprint density at radius 3 is 2.56 bits per heavy atom. The van der Waals surface area contributed by atoms with Gasteiger partial charge in [-0.3, -0.25) is 4.98 Å². The van der Waals surface area contributed by atoms with Crippen LogP contribution in [0, 0.1) is 18.3 Å². The van der Waals surface area contributed by atoms with Gasteiger partial charge in [0, 0.05) is 11.9 Å². The van der Waals surface area contributed by atoms with Gasteiger partial charge in [-0.1, -0.05) is 18.2 Å². The molecule has 1 aromatic carbocycles. The lowest BCUT2D eigenvalue weighted by atomic mass is 10.1. The highest BCUT2D eigenvalue weighted by Gasteiger charge is 1.96. The fourth-order valence-corrected chi connectivity index (χ4v) is 1.63. The van der Waals surface area contributed by atoms with Gasteiger partial charge in [-0.25, -0.2) is 0 Å². The first kappa shape index (κ1) is 12.1. The number of nitrogens with zero attached hydrogens (tertiary/aromatic N) is 2. The molecule has 0 spiro atoms. The number of anilines is 1. The minimum atomic E-state index is 0.458. The second-order valence-electron chi connectivity index (χ2n) is 4.21. The number of aromatic nitrogens is 1. The summed E-state index contributed by atoms with van der Waals surface area (Å²) in [6.07, 6.45) is 2.33. The fraction of sp³-hybridized carbons (Fsp3) is 0.200. The maximum absolute atomic E-state index is 8.59. The van der Waals surface area contributed by atoms with Gasteiger partial charge in [-0.15, -0.1) is 0 Å². The van der Waals surface area contributed by atoms with Crippen LogP contribution < -0.4 is 5.32 Å². The van der Waals surface area contributed by atoms with E-state index in [0.29, 0.717) is 13.0 Å². The molecule has 1 heterocycles. The van der Waals surface area contributed by atoms with E-state index in [9.17, 15) is 0 Å². The molecule has 0 bridgehead atoms. The molecule has 1 aromatic heterocycles. The van der Waals surface area contributed by atoms with Crippen molar-refractivity contribution in [3.63, 3.8) is 0 Å². The van der Waals surface area contributed by atoms with Crippen molar-refractivity contribution in [3.05, 3.63) is 59.4 Å². The zero-order chi connectivity index (χ0) is 12.8. The van der Waals surface area contributed by atoms with Gasteiger partial charge < -0.3 is 5.32 Å². The third-order valence-electron chi connectivity index (χ3n) is 2.68. The largest absolute Gasteiger partial charge is 0.379 e. The first-order chi connectivity index (χ1) is 8.78. The Morgan fingerprint density at radius 2 is 1.94 bits per heavy atom. The summed E-state index contributed by atoms with van der Waals surface area (Å²) >= 11 is 0. The molecule has 0 saturated carbocycles. The van der Waals surface area contributed by atoms with Gasteiger partial charge in [0.25, 0.3) is 0 Å². The molecule has 0 radical (unpaired) electrons. The Bertz CT molecular complexity index is 535. The molecule has 0 saturated heterocycles. The van der Waals surface area contributed by atoms with Gasteiger partial charge in [0.15, 0.2) is 0 Å². The van der Waals surface area contributed by atoms with Crippen molar-refractivity contribution in [2.45, 2.75) is 19.9 Å². The van der Waals surface area contributed by atoms with E-state index in [1.54, 1.807) is 0 Å². The number of aryl methyl sites for hydroxylation is 1. The monoisotopic (exact) mass is 237 g/mol. The number of hydrogen-bond acceptors (Lipinski definition) is 3. The van der Waals surface area contributed by atoms with E-state index < -0.39 is 0 Å². The second kappa shape index (κ2) is 5.83. The molecule has 2 aromatic rings. The highest BCUT2D eigenvalue weighted by molar-refractivity contribution is 5.45. The Morgan fingerprint density at radius 1 is 1.17 bits per heavy atom. The van der Waals surface area contributed by atoms with E-state index in [1.807, 2.05) is 43.5 Å². The molecule has 90 valence electrons.